The van der Waals surface area contributed by atoms with E-state index >= 15 is 0 Å². The maximum Gasteiger partial charge on any atom is 0.317 e. The zero-order valence-electron chi connectivity index (χ0n) is 16.7. The molecule has 7 nitrogen and oxygen atoms in total. The maximum atomic E-state index is 12.3. The van der Waals surface area contributed by atoms with Crippen LogP contribution in [0.3, 0.4) is 0 Å². The first-order valence-corrected chi connectivity index (χ1v) is 10.1. The minimum Gasteiger partial charge on any atom is -0.379 e. The molecule has 0 spiro atoms. The average Bonchev–Trinajstić information content (AvgIpc) is 3.08. The summed E-state index contributed by atoms with van der Waals surface area (Å²) in [4.78, 5) is 30.6. The number of hydrogen-bond acceptors (Lipinski definition) is 4. The predicted molar refractivity (Wildman–Crippen MR) is 102 cm³/mol. The minimum atomic E-state index is 0.00460. The first-order chi connectivity index (χ1) is 12.5. The highest BCUT2D eigenvalue weighted by atomic mass is 16.5. The summed E-state index contributed by atoms with van der Waals surface area (Å²) in [5.74, 6) is 0.695. The Morgan fingerprint density at radius 2 is 1.96 bits per heavy atom. The van der Waals surface area contributed by atoms with Crippen molar-refractivity contribution in [3.63, 3.8) is 0 Å². The van der Waals surface area contributed by atoms with Gasteiger partial charge in [0.25, 0.3) is 0 Å². The van der Waals surface area contributed by atoms with Crippen LogP contribution >= 0.6 is 0 Å². The Hall–Kier alpha value is -1.34. The molecule has 0 aromatic heterocycles. The minimum absolute atomic E-state index is 0.00460. The smallest absolute Gasteiger partial charge is 0.317 e. The van der Waals surface area contributed by atoms with Gasteiger partial charge < -0.3 is 19.9 Å². The predicted octanol–water partition coefficient (Wildman–Crippen LogP) is 1.39. The molecule has 2 saturated heterocycles. The molecule has 0 saturated carbocycles. The third-order valence-electron chi connectivity index (χ3n) is 5.27. The van der Waals surface area contributed by atoms with Gasteiger partial charge in [0, 0.05) is 52.7 Å². The number of amides is 3. The van der Waals surface area contributed by atoms with Gasteiger partial charge >= 0.3 is 6.03 Å². The van der Waals surface area contributed by atoms with Crippen LogP contribution < -0.4 is 5.32 Å². The van der Waals surface area contributed by atoms with Crippen LogP contribution in [0.5, 0.6) is 0 Å². The number of nitrogens with zero attached hydrogens (tertiary/aromatic N) is 3. The van der Waals surface area contributed by atoms with Crippen LogP contribution in [0.15, 0.2) is 0 Å². The van der Waals surface area contributed by atoms with Crippen molar-refractivity contribution in [3.8, 4) is 0 Å². The Bertz CT molecular complexity index is 452. The van der Waals surface area contributed by atoms with Crippen LogP contribution in [-0.2, 0) is 9.53 Å². The van der Waals surface area contributed by atoms with E-state index in [1.54, 1.807) is 6.92 Å². The summed E-state index contributed by atoms with van der Waals surface area (Å²) < 4.78 is 5.37. The Kier molecular flexibility index (Phi) is 8.65. The molecule has 1 atom stereocenters. The SMILES string of the molecule is CC(=O)N(CCCN1CCOCC1)C1CCN(C(=O)NCCC(C)C)C1. The summed E-state index contributed by atoms with van der Waals surface area (Å²) in [6.07, 6.45) is 2.83. The first kappa shape index (κ1) is 21.0. The Labute approximate surface area is 158 Å². The zero-order chi connectivity index (χ0) is 18.9. The maximum absolute atomic E-state index is 12.3. The van der Waals surface area contributed by atoms with E-state index in [4.69, 9.17) is 4.74 Å². The Morgan fingerprint density at radius 3 is 2.62 bits per heavy atom. The van der Waals surface area contributed by atoms with Gasteiger partial charge in [-0.2, -0.15) is 0 Å². The number of urea groups is 1. The van der Waals surface area contributed by atoms with Crippen molar-refractivity contribution in [2.24, 2.45) is 5.92 Å². The van der Waals surface area contributed by atoms with Crippen LogP contribution in [0.1, 0.15) is 40.0 Å². The second-order valence-corrected chi connectivity index (χ2v) is 7.82. The molecule has 0 bridgehead atoms. The standard InChI is InChI=1S/C19H36N4O3/c1-16(2)5-7-20-19(25)22-10-6-18(15-22)23(17(3)24)9-4-8-21-11-13-26-14-12-21/h16,18H,4-15H2,1-3H3,(H,20,25). The van der Waals surface area contributed by atoms with Gasteiger partial charge in [0.15, 0.2) is 0 Å². The lowest BCUT2D eigenvalue weighted by Gasteiger charge is -2.30. The lowest BCUT2D eigenvalue weighted by Crippen LogP contribution is -2.45. The van der Waals surface area contributed by atoms with Gasteiger partial charge in [-0.3, -0.25) is 9.69 Å². The lowest BCUT2D eigenvalue weighted by atomic mass is 10.1. The second kappa shape index (κ2) is 10.7. The third kappa shape index (κ3) is 6.76. The van der Waals surface area contributed by atoms with E-state index in [9.17, 15) is 9.59 Å². The molecule has 0 radical (unpaired) electrons. The van der Waals surface area contributed by atoms with Crippen LogP contribution in [0, 0.1) is 5.92 Å². The molecule has 2 aliphatic heterocycles. The molecule has 2 fully saturated rings. The second-order valence-electron chi connectivity index (χ2n) is 7.82. The Balaban J connectivity index is 1.73. The summed E-state index contributed by atoms with van der Waals surface area (Å²) >= 11 is 0. The van der Waals surface area contributed by atoms with Crippen molar-refractivity contribution in [3.05, 3.63) is 0 Å². The highest BCUT2D eigenvalue weighted by Crippen LogP contribution is 2.17. The molecule has 0 aromatic carbocycles. The van der Waals surface area contributed by atoms with Crippen LogP contribution in [-0.4, -0.2) is 91.7 Å². The summed E-state index contributed by atoms with van der Waals surface area (Å²) in [6, 6.07) is 0.151. The van der Waals surface area contributed by atoms with E-state index in [2.05, 4.69) is 24.1 Å². The highest BCUT2D eigenvalue weighted by molar-refractivity contribution is 5.76. The van der Waals surface area contributed by atoms with Crippen molar-refractivity contribution in [2.75, 3.05) is 59.0 Å². The van der Waals surface area contributed by atoms with Crippen molar-refractivity contribution < 1.29 is 14.3 Å². The molecule has 1 unspecified atom stereocenters. The number of morpholine rings is 1. The first-order valence-electron chi connectivity index (χ1n) is 10.1. The van der Waals surface area contributed by atoms with Crippen LogP contribution in [0.2, 0.25) is 0 Å². The largest absolute Gasteiger partial charge is 0.379 e. The van der Waals surface area contributed by atoms with Crippen molar-refractivity contribution in [1.82, 2.24) is 20.0 Å². The third-order valence-corrected chi connectivity index (χ3v) is 5.27. The van der Waals surface area contributed by atoms with E-state index in [1.807, 2.05) is 9.80 Å². The number of carbonyl (C=O) groups excluding carboxylic acids is 2. The number of carbonyl (C=O) groups is 2. The van der Waals surface area contributed by atoms with Gasteiger partial charge in [0.1, 0.15) is 0 Å². The van der Waals surface area contributed by atoms with Gasteiger partial charge in [-0.25, -0.2) is 4.79 Å². The molecule has 2 aliphatic rings. The van der Waals surface area contributed by atoms with Gasteiger partial charge in [-0.05, 0) is 25.2 Å². The highest BCUT2D eigenvalue weighted by Gasteiger charge is 2.31. The van der Waals surface area contributed by atoms with Gasteiger partial charge in [-0.15, -0.1) is 0 Å². The van der Waals surface area contributed by atoms with Gasteiger partial charge in [0.05, 0.1) is 19.3 Å². The summed E-state index contributed by atoms with van der Waals surface area (Å²) in [5.41, 5.74) is 0. The number of hydrogen-bond donors (Lipinski definition) is 1. The molecule has 2 rings (SSSR count). The molecule has 150 valence electrons. The normalized spacial score (nSPS) is 21.2. The van der Waals surface area contributed by atoms with Crippen molar-refractivity contribution in [1.29, 1.82) is 0 Å². The molecule has 1 N–H and O–H groups in total. The molecule has 2 heterocycles. The molecular formula is C19H36N4O3. The molecule has 3 amide bonds. The number of rotatable bonds is 8. The molecular weight excluding hydrogens is 332 g/mol. The average molecular weight is 369 g/mol. The fourth-order valence-electron chi connectivity index (χ4n) is 3.65. The van der Waals surface area contributed by atoms with Gasteiger partial charge in [-0.1, -0.05) is 13.8 Å². The van der Waals surface area contributed by atoms with E-state index in [-0.39, 0.29) is 18.0 Å². The Morgan fingerprint density at radius 1 is 1.23 bits per heavy atom. The molecule has 0 aliphatic carbocycles. The summed E-state index contributed by atoms with van der Waals surface area (Å²) in [6.45, 7) is 13.4. The van der Waals surface area contributed by atoms with Crippen LogP contribution in [0.4, 0.5) is 4.79 Å². The van der Waals surface area contributed by atoms with E-state index in [1.165, 1.54) is 0 Å². The quantitative estimate of drug-likeness (QED) is 0.703. The lowest BCUT2D eigenvalue weighted by molar-refractivity contribution is -0.131. The van der Waals surface area contributed by atoms with Crippen molar-refractivity contribution in [2.45, 2.75) is 46.1 Å². The number of likely N-dealkylation sites (tertiary alicyclic amines) is 1. The molecule has 7 heteroatoms. The number of ether oxygens (including phenoxy) is 1. The summed E-state index contributed by atoms with van der Waals surface area (Å²) in [7, 11) is 0. The zero-order valence-corrected chi connectivity index (χ0v) is 16.7. The van der Waals surface area contributed by atoms with Crippen LogP contribution in [0.25, 0.3) is 0 Å². The van der Waals surface area contributed by atoms with E-state index in [0.29, 0.717) is 19.0 Å². The van der Waals surface area contributed by atoms with Gasteiger partial charge in [0.2, 0.25) is 5.91 Å². The van der Waals surface area contributed by atoms with E-state index in [0.717, 1.165) is 65.2 Å². The summed E-state index contributed by atoms with van der Waals surface area (Å²) in [5, 5.41) is 3.00. The van der Waals surface area contributed by atoms with E-state index < -0.39 is 0 Å². The topological polar surface area (TPSA) is 65.1 Å². The van der Waals surface area contributed by atoms with Crippen molar-refractivity contribution >= 4 is 11.9 Å². The molecule has 0 aromatic rings. The number of nitrogens with one attached hydrogen (secondary N) is 1. The fraction of sp³-hybridized carbons (Fsp3) is 0.895. The molecule has 26 heavy (non-hydrogen) atoms. The fourth-order valence-corrected chi connectivity index (χ4v) is 3.65. The monoisotopic (exact) mass is 368 g/mol.